The van der Waals surface area contributed by atoms with Crippen LogP contribution in [0.15, 0.2) is 0 Å². The molecule has 0 saturated carbocycles. The highest BCUT2D eigenvalue weighted by atomic mass is 16.6. The highest BCUT2D eigenvalue weighted by Crippen LogP contribution is 2.18. The largest absolute Gasteiger partial charge is 0.462 e. The van der Waals surface area contributed by atoms with Crippen LogP contribution in [0.3, 0.4) is 0 Å². The molecule has 0 bridgehead atoms. The second kappa shape index (κ2) is 46.9. The maximum atomic E-state index is 12.8. The van der Waals surface area contributed by atoms with E-state index in [4.69, 9.17) is 14.2 Å². The Labute approximate surface area is 374 Å². The summed E-state index contributed by atoms with van der Waals surface area (Å²) in [5.74, 6) is 0.804. The van der Waals surface area contributed by atoms with E-state index in [9.17, 15) is 14.4 Å². The molecule has 0 amide bonds. The van der Waals surface area contributed by atoms with Crippen LogP contribution in [-0.2, 0) is 28.6 Å². The minimum atomic E-state index is -0.762. The van der Waals surface area contributed by atoms with Gasteiger partial charge in [0.2, 0.25) is 0 Å². The molecule has 0 radical (unpaired) electrons. The fourth-order valence-electron chi connectivity index (χ4n) is 8.13. The van der Waals surface area contributed by atoms with Gasteiger partial charge in [-0.1, -0.05) is 259 Å². The molecule has 0 saturated heterocycles. The highest BCUT2D eigenvalue weighted by molar-refractivity contribution is 5.71. The zero-order valence-corrected chi connectivity index (χ0v) is 41.1. The predicted molar refractivity (Wildman–Crippen MR) is 256 cm³/mol. The summed E-state index contributed by atoms with van der Waals surface area (Å²) in [6, 6.07) is 0. The highest BCUT2D eigenvalue weighted by Gasteiger charge is 2.19. The summed E-state index contributed by atoms with van der Waals surface area (Å²) >= 11 is 0. The molecule has 0 aliphatic heterocycles. The normalized spacial score (nSPS) is 12.5. The Hall–Kier alpha value is -1.59. The lowest BCUT2D eigenvalue weighted by molar-refractivity contribution is -0.167. The molecular formula is C54H104O6. The van der Waals surface area contributed by atoms with Crippen molar-refractivity contribution in [3.8, 4) is 0 Å². The molecule has 0 N–H and O–H groups in total. The SMILES string of the molecule is CCCCCCCCCCCCCCCCCCCCC(=O)OC[C@H](COC(=O)CCCCCCCCCCC(C)CC)OC(=O)CCCCCCCCCCCC(C)C. The number of unbranched alkanes of at least 4 members (excludes halogenated alkanes) is 32. The van der Waals surface area contributed by atoms with Crippen molar-refractivity contribution >= 4 is 17.9 Å². The number of hydrogen-bond acceptors (Lipinski definition) is 6. The van der Waals surface area contributed by atoms with Crippen molar-refractivity contribution in [2.24, 2.45) is 11.8 Å². The monoisotopic (exact) mass is 849 g/mol. The Balaban J connectivity index is 4.27. The van der Waals surface area contributed by atoms with E-state index in [1.807, 2.05) is 0 Å². The van der Waals surface area contributed by atoms with Crippen molar-refractivity contribution in [2.75, 3.05) is 13.2 Å². The van der Waals surface area contributed by atoms with Gasteiger partial charge in [-0.05, 0) is 31.1 Å². The van der Waals surface area contributed by atoms with Crippen LogP contribution < -0.4 is 0 Å². The van der Waals surface area contributed by atoms with Crippen LogP contribution in [0, 0.1) is 11.8 Å². The van der Waals surface area contributed by atoms with Gasteiger partial charge in [0.25, 0.3) is 0 Å². The van der Waals surface area contributed by atoms with Gasteiger partial charge in [0.05, 0.1) is 0 Å². The molecule has 0 aromatic carbocycles. The van der Waals surface area contributed by atoms with Gasteiger partial charge < -0.3 is 14.2 Å². The Bertz CT molecular complexity index is 918. The van der Waals surface area contributed by atoms with E-state index in [1.54, 1.807) is 0 Å². The van der Waals surface area contributed by atoms with Gasteiger partial charge in [-0.2, -0.15) is 0 Å². The van der Waals surface area contributed by atoms with E-state index in [0.29, 0.717) is 19.3 Å². The first-order chi connectivity index (χ1) is 29.3. The zero-order chi connectivity index (χ0) is 44.0. The second-order valence-electron chi connectivity index (χ2n) is 19.2. The third kappa shape index (κ3) is 45.9. The molecule has 356 valence electrons. The number of carbonyl (C=O) groups is 3. The molecule has 2 atom stereocenters. The standard InChI is InChI=1S/C54H104O6/c1-6-8-9-10-11-12-13-14-15-16-17-18-19-20-23-29-34-39-44-52(55)58-47-51(60-54(57)46-41-36-31-24-21-22-27-32-37-42-49(3)4)48-59-53(56)45-40-35-30-26-25-28-33-38-43-50(5)7-2/h49-51H,6-48H2,1-5H3/t50?,51-/m1/s1. The second-order valence-corrected chi connectivity index (χ2v) is 19.2. The Morgan fingerprint density at radius 1 is 0.350 bits per heavy atom. The van der Waals surface area contributed by atoms with Crippen LogP contribution in [0.25, 0.3) is 0 Å². The molecule has 0 aliphatic rings. The van der Waals surface area contributed by atoms with Gasteiger partial charge in [-0.15, -0.1) is 0 Å². The average Bonchev–Trinajstić information content (AvgIpc) is 3.23. The van der Waals surface area contributed by atoms with Crippen LogP contribution in [-0.4, -0.2) is 37.2 Å². The van der Waals surface area contributed by atoms with Crippen molar-refractivity contribution in [3.05, 3.63) is 0 Å². The minimum Gasteiger partial charge on any atom is -0.462 e. The third-order valence-electron chi connectivity index (χ3n) is 12.6. The molecule has 6 heteroatoms. The lowest BCUT2D eigenvalue weighted by Crippen LogP contribution is -2.30. The molecule has 60 heavy (non-hydrogen) atoms. The number of esters is 3. The molecule has 0 fully saturated rings. The van der Waals surface area contributed by atoms with Crippen LogP contribution in [0.5, 0.6) is 0 Å². The summed E-state index contributed by atoms with van der Waals surface area (Å²) in [7, 11) is 0. The first-order valence-corrected chi connectivity index (χ1v) is 26.8. The summed E-state index contributed by atoms with van der Waals surface area (Å²) in [6.07, 6.45) is 48.0. The van der Waals surface area contributed by atoms with Crippen molar-refractivity contribution < 1.29 is 28.6 Å². The van der Waals surface area contributed by atoms with Crippen LogP contribution in [0.1, 0.15) is 298 Å². The van der Waals surface area contributed by atoms with Crippen LogP contribution in [0.2, 0.25) is 0 Å². The molecule has 0 aromatic heterocycles. The van der Waals surface area contributed by atoms with Crippen molar-refractivity contribution in [2.45, 2.75) is 304 Å². The minimum absolute atomic E-state index is 0.0641. The summed E-state index contributed by atoms with van der Waals surface area (Å²) < 4.78 is 16.8. The van der Waals surface area contributed by atoms with Gasteiger partial charge in [-0.25, -0.2) is 0 Å². The quantitative estimate of drug-likeness (QED) is 0.0345. The van der Waals surface area contributed by atoms with E-state index in [0.717, 1.165) is 69.6 Å². The molecule has 6 nitrogen and oxygen atoms in total. The lowest BCUT2D eigenvalue weighted by atomic mass is 9.99. The van der Waals surface area contributed by atoms with E-state index in [2.05, 4.69) is 34.6 Å². The van der Waals surface area contributed by atoms with E-state index >= 15 is 0 Å². The number of carbonyl (C=O) groups excluding carboxylic acids is 3. The molecule has 0 aliphatic carbocycles. The van der Waals surface area contributed by atoms with E-state index in [1.165, 1.54) is 186 Å². The van der Waals surface area contributed by atoms with Crippen molar-refractivity contribution in [1.82, 2.24) is 0 Å². The fourth-order valence-corrected chi connectivity index (χ4v) is 8.13. The average molecular weight is 849 g/mol. The predicted octanol–water partition coefficient (Wildman–Crippen LogP) is 17.3. The summed E-state index contributed by atoms with van der Waals surface area (Å²) in [5.41, 5.74) is 0. The van der Waals surface area contributed by atoms with Gasteiger partial charge in [-0.3, -0.25) is 14.4 Å². The topological polar surface area (TPSA) is 78.9 Å². The van der Waals surface area contributed by atoms with Gasteiger partial charge in [0, 0.05) is 19.3 Å². The van der Waals surface area contributed by atoms with E-state index < -0.39 is 6.10 Å². The number of hydrogen-bond donors (Lipinski definition) is 0. The fraction of sp³-hybridized carbons (Fsp3) is 0.944. The number of ether oxygens (including phenoxy) is 3. The third-order valence-corrected chi connectivity index (χ3v) is 12.6. The molecule has 0 rings (SSSR count). The van der Waals surface area contributed by atoms with Gasteiger partial charge in [0.1, 0.15) is 13.2 Å². The van der Waals surface area contributed by atoms with Crippen LogP contribution >= 0.6 is 0 Å². The first kappa shape index (κ1) is 58.4. The maximum Gasteiger partial charge on any atom is 0.306 e. The zero-order valence-electron chi connectivity index (χ0n) is 41.1. The maximum absolute atomic E-state index is 12.8. The molecular weight excluding hydrogens is 745 g/mol. The van der Waals surface area contributed by atoms with Gasteiger partial charge >= 0.3 is 17.9 Å². The Morgan fingerprint density at radius 3 is 0.950 bits per heavy atom. The smallest absolute Gasteiger partial charge is 0.306 e. The van der Waals surface area contributed by atoms with Crippen molar-refractivity contribution in [3.63, 3.8) is 0 Å². The Morgan fingerprint density at radius 2 is 0.633 bits per heavy atom. The molecule has 0 spiro atoms. The van der Waals surface area contributed by atoms with Crippen molar-refractivity contribution in [1.29, 1.82) is 0 Å². The van der Waals surface area contributed by atoms with E-state index in [-0.39, 0.29) is 31.1 Å². The first-order valence-electron chi connectivity index (χ1n) is 26.8. The molecule has 0 heterocycles. The summed E-state index contributed by atoms with van der Waals surface area (Å²) in [4.78, 5) is 38.0. The number of rotatable bonds is 48. The molecule has 0 aromatic rings. The Kier molecular flexibility index (Phi) is 45.7. The summed E-state index contributed by atoms with van der Waals surface area (Å²) in [6.45, 7) is 11.4. The lowest BCUT2D eigenvalue weighted by Gasteiger charge is -2.18. The molecule has 1 unspecified atom stereocenters. The van der Waals surface area contributed by atoms with Gasteiger partial charge in [0.15, 0.2) is 6.10 Å². The summed E-state index contributed by atoms with van der Waals surface area (Å²) in [5, 5.41) is 0. The van der Waals surface area contributed by atoms with Crippen LogP contribution in [0.4, 0.5) is 0 Å².